The Morgan fingerprint density at radius 2 is 1.07 bits per heavy atom. The van der Waals surface area contributed by atoms with Gasteiger partial charge in [0.1, 0.15) is 6.61 Å². The molecule has 0 rings (SSSR count). The van der Waals surface area contributed by atoms with Gasteiger partial charge in [-0.2, -0.15) is 48.3 Å². The molecule has 0 aromatic heterocycles. The Morgan fingerprint density at radius 3 is 1.33 bits per heavy atom. The molecule has 0 bridgehead atoms. The summed E-state index contributed by atoms with van der Waals surface area (Å²) >= 11 is 0. The minimum atomic E-state index is -6.69. The fourth-order valence-corrected chi connectivity index (χ4v) is 1.40. The molecule has 0 amide bonds. The molecular formula is C11H10F14O2. The number of alkyl halides is 14. The third-order valence-electron chi connectivity index (χ3n) is 2.87. The molecule has 0 radical (unpaired) electrons. The molecule has 0 aliphatic heterocycles. The summed E-state index contributed by atoms with van der Waals surface area (Å²) in [6.07, 6.45) is -12.3. The van der Waals surface area contributed by atoms with Crippen LogP contribution in [0.3, 0.4) is 0 Å². The van der Waals surface area contributed by atoms with Crippen molar-refractivity contribution in [1.29, 1.82) is 0 Å². The van der Waals surface area contributed by atoms with Gasteiger partial charge in [0.05, 0.1) is 0 Å². The van der Waals surface area contributed by atoms with Crippen LogP contribution >= 0.6 is 0 Å². The van der Waals surface area contributed by atoms with Crippen molar-refractivity contribution in [1.82, 2.24) is 0 Å². The van der Waals surface area contributed by atoms with E-state index in [-0.39, 0.29) is 0 Å². The Hall–Kier alpha value is -1.06. The zero-order valence-corrected chi connectivity index (χ0v) is 13.0. The quantitative estimate of drug-likeness (QED) is 0.446. The third kappa shape index (κ3) is 5.06. The van der Waals surface area contributed by atoms with Gasteiger partial charge < -0.3 is 4.74 Å². The molecule has 27 heavy (non-hydrogen) atoms. The molecule has 0 heterocycles. The van der Waals surface area contributed by atoms with Crippen LogP contribution in [0.25, 0.3) is 0 Å². The maximum Gasteiger partial charge on any atom is 0.451 e. The molecular weight excluding hydrogens is 430 g/mol. The summed E-state index contributed by atoms with van der Waals surface area (Å²) in [7, 11) is 0. The van der Waals surface area contributed by atoms with Crippen molar-refractivity contribution in [2.45, 2.75) is 55.6 Å². The maximum atomic E-state index is 14.0. The minimum Gasteiger partial charge on any atom is -0.330 e. The van der Waals surface area contributed by atoms with E-state index in [0.717, 1.165) is 0 Å². The van der Waals surface area contributed by atoms with Gasteiger partial charge in [0.15, 0.2) is 6.67 Å². The third-order valence-corrected chi connectivity index (χ3v) is 2.87. The van der Waals surface area contributed by atoms with Crippen molar-refractivity contribution in [3.05, 3.63) is 0 Å². The predicted molar refractivity (Wildman–Crippen MR) is 57.9 cm³/mol. The van der Waals surface area contributed by atoms with E-state index in [4.69, 9.17) is 0 Å². The van der Waals surface area contributed by atoms with Crippen molar-refractivity contribution < 1.29 is 70.9 Å². The second-order valence-electron chi connectivity index (χ2n) is 5.33. The largest absolute Gasteiger partial charge is 0.451 e. The van der Waals surface area contributed by atoms with Crippen LogP contribution in [-0.4, -0.2) is 55.0 Å². The summed E-state index contributed by atoms with van der Waals surface area (Å²) in [5.41, 5.74) is 0. The number of halogens is 14. The normalized spacial score (nSPS) is 19.6. The SMILES string of the molecule is CC(F)(F)C(F)(F)C(F)(OCC(F)(OC(F)(F)CF)C(F)(F)F)C(C)(F)F. The summed E-state index contributed by atoms with van der Waals surface area (Å²) in [4.78, 5) is 0. The Labute approximate surface area is 141 Å². The molecule has 2 atom stereocenters. The van der Waals surface area contributed by atoms with Crippen molar-refractivity contribution in [2.24, 2.45) is 0 Å². The Bertz CT molecular complexity index is 507. The van der Waals surface area contributed by atoms with Crippen LogP contribution in [-0.2, 0) is 9.47 Å². The first-order chi connectivity index (χ1) is 11.5. The zero-order chi connectivity index (χ0) is 22.3. The van der Waals surface area contributed by atoms with Crippen LogP contribution in [0.5, 0.6) is 0 Å². The van der Waals surface area contributed by atoms with Gasteiger partial charge in [-0.1, -0.05) is 0 Å². The molecule has 0 fully saturated rings. The zero-order valence-electron chi connectivity index (χ0n) is 13.0. The van der Waals surface area contributed by atoms with Gasteiger partial charge in [0, 0.05) is 13.8 Å². The summed E-state index contributed by atoms with van der Waals surface area (Å²) in [5.74, 6) is -30.3. The fourth-order valence-electron chi connectivity index (χ4n) is 1.40. The van der Waals surface area contributed by atoms with Gasteiger partial charge in [0.2, 0.25) is 0 Å². The van der Waals surface area contributed by atoms with Crippen molar-refractivity contribution in [2.75, 3.05) is 13.3 Å². The van der Waals surface area contributed by atoms with E-state index in [1.54, 1.807) is 0 Å². The Balaban J connectivity index is 6.08. The summed E-state index contributed by atoms with van der Waals surface area (Å²) in [5, 5.41) is 0. The van der Waals surface area contributed by atoms with Gasteiger partial charge in [-0.25, -0.2) is 13.2 Å². The van der Waals surface area contributed by atoms with E-state index in [9.17, 15) is 61.5 Å². The lowest BCUT2D eigenvalue weighted by atomic mass is 9.99. The number of hydrogen-bond donors (Lipinski definition) is 0. The molecule has 0 spiro atoms. The molecule has 2 unspecified atom stereocenters. The Kier molecular flexibility index (Phi) is 6.80. The van der Waals surface area contributed by atoms with Gasteiger partial charge in [-0.05, 0) is 0 Å². The lowest BCUT2D eigenvalue weighted by molar-refractivity contribution is -0.451. The monoisotopic (exact) mass is 440 g/mol. The van der Waals surface area contributed by atoms with Crippen molar-refractivity contribution in [3.63, 3.8) is 0 Å². The van der Waals surface area contributed by atoms with E-state index in [0.29, 0.717) is 0 Å². The van der Waals surface area contributed by atoms with Gasteiger partial charge >= 0.3 is 41.8 Å². The number of rotatable bonds is 9. The Morgan fingerprint density at radius 1 is 0.667 bits per heavy atom. The number of hydrogen-bond acceptors (Lipinski definition) is 2. The summed E-state index contributed by atoms with van der Waals surface area (Å²) in [6, 6.07) is 0. The topological polar surface area (TPSA) is 18.5 Å². The van der Waals surface area contributed by atoms with E-state index < -0.39 is 68.9 Å². The van der Waals surface area contributed by atoms with Crippen LogP contribution in [0, 0.1) is 0 Å². The first-order valence-electron chi connectivity index (χ1n) is 6.33. The number of ether oxygens (including phenoxy) is 2. The van der Waals surface area contributed by atoms with E-state index in [1.165, 1.54) is 0 Å². The minimum absolute atomic E-state index is 0.823. The van der Waals surface area contributed by atoms with Crippen LogP contribution < -0.4 is 0 Å². The molecule has 0 saturated carbocycles. The lowest BCUT2D eigenvalue weighted by Crippen LogP contribution is -2.66. The van der Waals surface area contributed by atoms with Crippen molar-refractivity contribution in [3.8, 4) is 0 Å². The van der Waals surface area contributed by atoms with Gasteiger partial charge in [-0.15, -0.1) is 0 Å². The summed E-state index contributed by atoms with van der Waals surface area (Å²) < 4.78 is 186. The lowest BCUT2D eigenvalue weighted by Gasteiger charge is -2.41. The maximum absolute atomic E-state index is 14.0. The second kappa shape index (κ2) is 7.08. The average molecular weight is 440 g/mol. The highest BCUT2D eigenvalue weighted by Crippen LogP contribution is 2.53. The second-order valence-corrected chi connectivity index (χ2v) is 5.33. The van der Waals surface area contributed by atoms with Crippen LogP contribution in [0.2, 0.25) is 0 Å². The van der Waals surface area contributed by atoms with Crippen LogP contribution in [0.1, 0.15) is 13.8 Å². The van der Waals surface area contributed by atoms with E-state index in [1.807, 2.05) is 0 Å². The highest BCUT2D eigenvalue weighted by Gasteiger charge is 2.78. The predicted octanol–water partition coefficient (Wildman–Crippen LogP) is 5.42. The molecule has 0 aliphatic carbocycles. The molecule has 0 aliphatic rings. The first-order valence-corrected chi connectivity index (χ1v) is 6.33. The summed E-state index contributed by atoms with van der Waals surface area (Å²) in [6.45, 7) is -8.30. The van der Waals surface area contributed by atoms with Crippen molar-refractivity contribution >= 4 is 0 Å². The van der Waals surface area contributed by atoms with Crippen LogP contribution in [0.4, 0.5) is 61.5 Å². The van der Waals surface area contributed by atoms with E-state index >= 15 is 0 Å². The molecule has 2 nitrogen and oxygen atoms in total. The van der Waals surface area contributed by atoms with E-state index in [2.05, 4.69) is 9.47 Å². The smallest absolute Gasteiger partial charge is 0.330 e. The highest BCUT2D eigenvalue weighted by molar-refractivity contribution is 5.02. The first kappa shape index (κ1) is 25.9. The van der Waals surface area contributed by atoms with Crippen LogP contribution in [0.15, 0.2) is 0 Å². The van der Waals surface area contributed by atoms with Gasteiger partial charge in [-0.3, -0.25) is 4.74 Å². The average Bonchev–Trinajstić information content (AvgIpc) is 2.40. The molecule has 0 aromatic rings. The molecule has 16 heteroatoms. The fraction of sp³-hybridized carbons (Fsp3) is 1.00. The molecule has 0 N–H and O–H groups in total. The molecule has 0 aromatic carbocycles. The molecule has 164 valence electrons. The highest BCUT2D eigenvalue weighted by atomic mass is 19.4. The molecule has 0 saturated heterocycles. The van der Waals surface area contributed by atoms with Gasteiger partial charge in [0.25, 0.3) is 0 Å². The standard InChI is InChI=1S/C11H10F14O2/c1-5(13,14)9(20,21)10(22,6(2,15)16)26-4-7(17,11(23,24)25)27-8(18,19)3-12/h3-4H2,1-2H3.